The number of rotatable bonds is 2. The maximum atomic E-state index is 12.1. The van der Waals surface area contributed by atoms with E-state index in [9.17, 15) is 26.3 Å². The third kappa shape index (κ3) is 4.26. The first kappa shape index (κ1) is 13.8. The van der Waals surface area contributed by atoms with Gasteiger partial charge in [-0.15, -0.1) is 0 Å². The molecule has 0 radical (unpaired) electrons. The van der Waals surface area contributed by atoms with E-state index in [-0.39, 0.29) is 5.56 Å². The van der Waals surface area contributed by atoms with E-state index in [0.717, 1.165) is 12.1 Å². The zero-order valence-electron chi connectivity index (χ0n) is 8.31. The predicted molar refractivity (Wildman–Crippen MR) is 47.1 cm³/mol. The number of aliphatic hydroxyl groups excluding tert-OH is 1. The first-order valence-electron chi connectivity index (χ1n) is 4.51. The Morgan fingerprint density at radius 1 is 0.941 bits per heavy atom. The minimum absolute atomic E-state index is 0.199. The van der Waals surface area contributed by atoms with Gasteiger partial charge in [0.15, 0.2) is 0 Å². The summed E-state index contributed by atoms with van der Waals surface area (Å²) in [4.78, 5) is 0. The number of benzene rings is 1. The van der Waals surface area contributed by atoms with E-state index < -0.39 is 30.4 Å². The van der Waals surface area contributed by atoms with Gasteiger partial charge in [0.05, 0.1) is 18.1 Å². The highest BCUT2D eigenvalue weighted by Gasteiger charge is 2.33. The zero-order valence-corrected chi connectivity index (χ0v) is 8.31. The summed E-state index contributed by atoms with van der Waals surface area (Å²) in [5, 5.41) is 9.15. The van der Waals surface area contributed by atoms with Crippen LogP contribution < -0.4 is 0 Å². The highest BCUT2D eigenvalue weighted by molar-refractivity contribution is 5.26. The molecular weight excluding hydrogens is 250 g/mol. The van der Waals surface area contributed by atoms with Crippen LogP contribution in [-0.2, 0) is 6.18 Å². The first-order chi connectivity index (χ1) is 7.59. The highest BCUT2D eigenvalue weighted by atomic mass is 19.4. The molecule has 0 saturated heterocycles. The second kappa shape index (κ2) is 4.56. The number of hydrogen-bond donors (Lipinski definition) is 1. The maximum absolute atomic E-state index is 12.1. The summed E-state index contributed by atoms with van der Waals surface area (Å²) in [6.45, 7) is 0. The smallest absolute Gasteiger partial charge is 0.388 e. The van der Waals surface area contributed by atoms with Crippen molar-refractivity contribution < 1.29 is 31.4 Å². The molecule has 0 aromatic heterocycles. The molecule has 7 heteroatoms. The van der Waals surface area contributed by atoms with Gasteiger partial charge >= 0.3 is 12.4 Å². The second-order valence-corrected chi connectivity index (χ2v) is 3.45. The van der Waals surface area contributed by atoms with Crippen LogP contribution in [0.1, 0.15) is 23.7 Å². The van der Waals surface area contributed by atoms with Crippen LogP contribution in [0.5, 0.6) is 0 Å². The van der Waals surface area contributed by atoms with Gasteiger partial charge in [0.2, 0.25) is 0 Å². The fourth-order valence-corrected chi connectivity index (χ4v) is 1.23. The quantitative estimate of drug-likeness (QED) is 0.802. The van der Waals surface area contributed by atoms with Crippen LogP contribution >= 0.6 is 0 Å². The molecule has 0 fully saturated rings. The lowest BCUT2D eigenvalue weighted by molar-refractivity contribution is -0.154. The third-order valence-electron chi connectivity index (χ3n) is 2.05. The van der Waals surface area contributed by atoms with E-state index in [2.05, 4.69) is 0 Å². The van der Waals surface area contributed by atoms with E-state index in [0.29, 0.717) is 12.1 Å². The van der Waals surface area contributed by atoms with Crippen LogP contribution in [0.3, 0.4) is 0 Å². The summed E-state index contributed by atoms with van der Waals surface area (Å²) < 4.78 is 72.2. The molecule has 1 aromatic rings. The van der Waals surface area contributed by atoms with E-state index in [1.165, 1.54) is 0 Å². The Hall–Kier alpha value is -1.24. The van der Waals surface area contributed by atoms with Crippen LogP contribution in [0, 0.1) is 0 Å². The average Bonchev–Trinajstić information content (AvgIpc) is 2.14. The Morgan fingerprint density at radius 2 is 1.41 bits per heavy atom. The van der Waals surface area contributed by atoms with Crippen molar-refractivity contribution in [3.8, 4) is 0 Å². The molecule has 1 N–H and O–H groups in total. The molecule has 1 rings (SSSR count). The van der Waals surface area contributed by atoms with Crippen molar-refractivity contribution in [1.29, 1.82) is 0 Å². The van der Waals surface area contributed by atoms with Gasteiger partial charge in [-0.1, -0.05) is 12.1 Å². The Labute approximate surface area is 92.7 Å². The van der Waals surface area contributed by atoms with E-state index in [1.54, 1.807) is 0 Å². The molecule has 0 spiro atoms. The standard InChI is InChI=1S/C10H8F6O/c11-9(12,13)5-8(17)6-1-3-7(4-2-6)10(14,15)16/h1-4,8,17H,5H2/t8-/m0/s1. The van der Waals surface area contributed by atoms with E-state index in [1.807, 2.05) is 0 Å². The lowest BCUT2D eigenvalue weighted by Crippen LogP contribution is -2.14. The molecule has 1 aromatic carbocycles. The molecule has 96 valence electrons. The highest BCUT2D eigenvalue weighted by Crippen LogP contribution is 2.32. The lowest BCUT2D eigenvalue weighted by Gasteiger charge is -2.14. The monoisotopic (exact) mass is 258 g/mol. The Kier molecular flexibility index (Phi) is 3.71. The maximum Gasteiger partial charge on any atom is 0.416 e. The van der Waals surface area contributed by atoms with Crippen LogP contribution in [0.25, 0.3) is 0 Å². The first-order valence-corrected chi connectivity index (χ1v) is 4.51. The molecule has 0 unspecified atom stereocenters. The van der Waals surface area contributed by atoms with Gasteiger partial charge in [-0.25, -0.2) is 0 Å². The Bertz CT molecular complexity index is 364. The second-order valence-electron chi connectivity index (χ2n) is 3.45. The van der Waals surface area contributed by atoms with Gasteiger partial charge in [-0.05, 0) is 17.7 Å². The summed E-state index contributed by atoms with van der Waals surface area (Å²) in [7, 11) is 0. The topological polar surface area (TPSA) is 20.2 Å². The van der Waals surface area contributed by atoms with Crippen molar-refractivity contribution in [3.05, 3.63) is 35.4 Å². The Morgan fingerprint density at radius 3 is 1.76 bits per heavy atom. The minimum atomic E-state index is -4.57. The van der Waals surface area contributed by atoms with Gasteiger partial charge < -0.3 is 5.11 Å². The largest absolute Gasteiger partial charge is 0.416 e. The van der Waals surface area contributed by atoms with Gasteiger partial charge in [0, 0.05) is 0 Å². The van der Waals surface area contributed by atoms with Crippen molar-refractivity contribution in [2.75, 3.05) is 0 Å². The summed E-state index contributed by atoms with van der Waals surface area (Å²) in [6.07, 6.45) is -12.5. The molecule has 17 heavy (non-hydrogen) atoms. The third-order valence-corrected chi connectivity index (χ3v) is 2.05. The van der Waals surface area contributed by atoms with Crippen LogP contribution in [0.2, 0.25) is 0 Å². The van der Waals surface area contributed by atoms with Crippen molar-refractivity contribution in [1.82, 2.24) is 0 Å². The van der Waals surface area contributed by atoms with Crippen LogP contribution in [0.15, 0.2) is 24.3 Å². The molecule has 0 amide bonds. The van der Waals surface area contributed by atoms with Crippen LogP contribution in [-0.4, -0.2) is 11.3 Å². The number of hydrogen-bond acceptors (Lipinski definition) is 1. The molecule has 0 aliphatic rings. The van der Waals surface area contributed by atoms with E-state index in [4.69, 9.17) is 5.11 Å². The van der Waals surface area contributed by atoms with E-state index >= 15 is 0 Å². The summed E-state index contributed by atoms with van der Waals surface area (Å²) in [5.74, 6) is 0. The summed E-state index contributed by atoms with van der Waals surface area (Å²) in [5.41, 5.74) is -1.17. The molecule has 1 nitrogen and oxygen atoms in total. The molecule has 0 saturated carbocycles. The molecule has 0 aliphatic carbocycles. The minimum Gasteiger partial charge on any atom is -0.388 e. The predicted octanol–water partition coefficient (Wildman–Crippen LogP) is 3.69. The van der Waals surface area contributed by atoms with Gasteiger partial charge in [-0.3, -0.25) is 0 Å². The normalized spacial score (nSPS) is 14.8. The SMILES string of the molecule is O[C@@H](CC(F)(F)F)c1ccc(C(F)(F)F)cc1. The number of alkyl halides is 6. The average molecular weight is 258 g/mol. The molecule has 0 heterocycles. The van der Waals surface area contributed by atoms with Crippen molar-refractivity contribution in [3.63, 3.8) is 0 Å². The van der Waals surface area contributed by atoms with Crippen molar-refractivity contribution >= 4 is 0 Å². The summed E-state index contributed by atoms with van der Waals surface area (Å²) >= 11 is 0. The fourth-order valence-electron chi connectivity index (χ4n) is 1.23. The zero-order chi connectivity index (χ0) is 13.3. The van der Waals surface area contributed by atoms with Gasteiger partial charge in [-0.2, -0.15) is 26.3 Å². The molecule has 0 bridgehead atoms. The Balaban J connectivity index is 2.81. The van der Waals surface area contributed by atoms with Gasteiger partial charge in [0.1, 0.15) is 0 Å². The van der Waals surface area contributed by atoms with Crippen molar-refractivity contribution in [2.45, 2.75) is 24.9 Å². The van der Waals surface area contributed by atoms with Gasteiger partial charge in [0.25, 0.3) is 0 Å². The lowest BCUT2D eigenvalue weighted by atomic mass is 10.0. The van der Waals surface area contributed by atoms with Crippen molar-refractivity contribution in [2.24, 2.45) is 0 Å². The van der Waals surface area contributed by atoms with Crippen LogP contribution in [0.4, 0.5) is 26.3 Å². The molecule has 0 aliphatic heterocycles. The number of aliphatic hydroxyl groups is 1. The molecular formula is C10H8F6O. The summed E-state index contributed by atoms with van der Waals surface area (Å²) in [6, 6.07) is 2.93. The number of halogens is 6. The fraction of sp³-hybridized carbons (Fsp3) is 0.400. The molecule has 1 atom stereocenters.